The van der Waals surface area contributed by atoms with E-state index in [9.17, 15) is 0 Å². The predicted molar refractivity (Wildman–Crippen MR) is 101 cm³/mol. The fourth-order valence-electron chi connectivity index (χ4n) is 2.55. The minimum Gasteiger partial charge on any atom is -0.415 e. The van der Waals surface area contributed by atoms with Gasteiger partial charge in [-0.2, -0.15) is 0 Å². The third kappa shape index (κ3) is 13.9. The Kier molecular flexibility index (Phi) is 12.9. The molecule has 0 aliphatic rings. The van der Waals surface area contributed by atoms with Crippen molar-refractivity contribution in [2.24, 2.45) is 0 Å². The second-order valence-corrected chi connectivity index (χ2v) is 14.1. The zero-order chi connectivity index (χ0) is 16.9. The molecule has 0 fully saturated rings. The summed E-state index contributed by atoms with van der Waals surface area (Å²) < 4.78 is 18.2. The lowest BCUT2D eigenvalue weighted by Gasteiger charge is -2.32. The molecule has 5 heteroatoms. The van der Waals surface area contributed by atoms with Gasteiger partial charge in [0.15, 0.2) is 0 Å². The maximum Gasteiger partial charge on any atom is 0.322 e. The van der Waals surface area contributed by atoms with Gasteiger partial charge in [-0.15, -0.1) is 0 Å². The Bertz CT molecular complexity index is 258. The Morgan fingerprint density at radius 3 is 1.50 bits per heavy atom. The Balaban J connectivity index is 3.67. The van der Waals surface area contributed by atoms with Crippen molar-refractivity contribution in [3.8, 4) is 0 Å². The minimum atomic E-state index is -2.04. The topological polar surface area (TPSA) is 27.7 Å². The van der Waals surface area contributed by atoms with E-state index in [-0.39, 0.29) is 0 Å². The van der Waals surface area contributed by atoms with Crippen LogP contribution in [0.1, 0.15) is 71.6 Å². The van der Waals surface area contributed by atoms with Gasteiger partial charge in [0.25, 0.3) is 0 Å². The van der Waals surface area contributed by atoms with Crippen LogP contribution in [0.4, 0.5) is 0 Å². The van der Waals surface area contributed by atoms with Gasteiger partial charge >= 0.3 is 17.1 Å². The molecule has 0 amide bonds. The second kappa shape index (κ2) is 12.7. The highest BCUT2D eigenvalue weighted by molar-refractivity contribution is 6.78. The molecular formula is C17H40O3Si2. The second-order valence-electron chi connectivity index (χ2n) is 7.07. The summed E-state index contributed by atoms with van der Waals surface area (Å²) in [5.74, 6) is 0. The summed E-state index contributed by atoms with van der Waals surface area (Å²) in [5, 5.41) is 0. The summed E-state index contributed by atoms with van der Waals surface area (Å²) in [6.07, 6.45) is 11.7. The Morgan fingerprint density at radius 1 is 0.545 bits per heavy atom. The minimum absolute atomic E-state index is 0.793. The first-order valence-corrected chi connectivity index (χ1v) is 14.9. The molecule has 0 bridgehead atoms. The monoisotopic (exact) mass is 348 g/mol. The van der Waals surface area contributed by atoms with Gasteiger partial charge in [0.2, 0.25) is 0 Å². The van der Waals surface area contributed by atoms with Crippen LogP contribution in [-0.4, -0.2) is 30.3 Å². The zero-order valence-electron chi connectivity index (χ0n) is 16.0. The van der Waals surface area contributed by atoms with Crippen molar-refractivity contribution in [3.05, 3.63) is 0 Å². The molecule has 0 spiro atoms. The van der Waals surface area contributed by atoms with Crippen LogP contribution in [-0.2, 0) is 13.0 Å². The maximum atomic E-state index is 6.23. The summed E-state index contributed by atoms with van der Waals surface area (Å²) in [6, 6.07) is 0. The molecule has 0 radical (unpaired) electrons. The van der Waals surface area contributed by atoms with E-state index in [2.05, 4.69) is 40.0 Å². The van der Waals surface area contributed by atoms with Crippen LogP contribution >= 0.6 is 0 Å². The van der Waals surface area contributed by atoms with Crippen LogP contribution in [0.2, 0.25) is 26.2 Å². The van der Waals surface area contributed by atoms with Crippen molar-refractivity contribution in [2.45, 2.75) is 97.8 Å². The molecule has 0 aromatic rings. The zero-order valence-corrected chi connectivity index (χ0v) is 18.0. The van der Waals surface area contributed by atoms with Gasteiger partial charge in [0.1, 0.15) is 0 Å². The number of hydrogen-bond acceptors (Lipinski definition) is 3. The normalized spacial score (nSPS) is 12.8. The van der Waals surface area contributed by atoms with E-state index in [1.54, 1.807) is 0 Å². The summed E-state index contributed by atoms with van der Waals surface area (Å²) in [5.41, 5.74) is 0. The third-order valence-corrected chi connectivity index (χ3v) is 9.32. The molecule has 0 heterocycles. The van der Waals surface area contributed by atoms with Gasteiger partial charge in [-0.3, -0.25) is 0 Å². The molecule has 0 N–H and O–H groups in total. The molecule has 0 aromatic heterocycles. The van der Waals surface area contributed by atoms with E-state index in [1.807, 2.05) is 0 Å². The smallest absolute Gasteiger partial charge is 0.322 e. The Labute approximate surface area is 141 Å². The largest absolute Gasteiger partial charge is 0.415 e. The molecule has 0 atom stereocenters. The maximum absolute atomic E-state index is 6.23. The van der Waals surface area contributed by atoms with Crippen molar-refractivity contribution >= 4 is 17.1 Å². The van der Waals surface area contributed by atoms with Crippen LogP contribution in [0, 0.1) is 0 Å². The van der Waals surface area contributed by atoms with Crippen molar-refractivity contribution in [1.29, 1.82) is 0 Å². The van der Waals surface area contributed by atoms with Gasteiger partial charge < -0.3 is 13.0 Å². The fourth-order valence-corrected chi connectivity index (χ4v) is 9.09. The van der Waals surface area contributed by atoms with Crippen LogP contribution in [0.15, 0.2) is 0 Å². The van der Waals surface area contributed by atoms with Crippen molar-refractivity contribution in [2.75, 3.05) is 13.2 Å². The highest BCUT2D eigenvalue weighted by Crippen LogP contribution is 2.18. The number of unbranched alkanes of at least 4 members (excludes halogenated alkanes) is 7. The molecule has 0 aliphatic heterocycles. The van der Waals surface area contributed by atoms with Crippen LogP contribution in [0.25, 0.3) is 0 Å². The number of rotatable bonds is 15. The van der Waals surface area contributed by atoms with Crippen molar-refractivity contribution < 1.29 is 13.0 Å². The van der Waals surface area contributed by atoms with Gasteiger partial charge in [0.05, 0.1) is 0 Å². The summed E-state index contributed by atoms with van der Waals surface area (Å²) >= 11 is 0. The highest BCUT2D eigenvalue weighted by atomic mass is 28.5. The van der Waals surface area contributed by atoms with Gasteiger partial charge in [-0.1, -0.05) is 58.8 Å². The van der Waals surface area contributed by atoms with Gasteiger partial charge in [0, 0.05) is 13.2 Å². The molecule has 0 unspecified atom stereocenters. The average molecular weight is 349 g/mol. The SMILES string of the molecule is CCCCCCCCCCO[Si](C)(C)O[Si](C)(C)OCCC. The number of hydrogen-bond donors (Lipinski definition) is 0. The first-order chi connectivity index (χ1) is 10.3. The average Bonchev–Trinajstić information content (AvgIpc) is 2.42. The lowest BCUT2D eigenvalue weighted by Crippen LogP contribution is -2.48. The van der Waals surface area contributed by atoms with Gasteiger partial charge in [-0.05, 0) is 39.0 Å². The lowest BCUT2D eigenvalue weighted by atomic mass is 10.1. The van der Waals surface area contributed by atoms with Crippen molar-refractivity contribution in [1.82, 2.24) is 0 Å². The summed E-state index contributed by atoms with van der Waals surface area (Å²) in [4.78, 5) is 0. The molecule has 134 valence electrons. The van der Waals surface area contributed by atoms with E-state index in [1.165, 1.54) is 44.9 Å². The van der Waals surface area contributed by atoms with Crippen LogP contribution in [0.3, 0.4) is 0 Å². The molecule has 3 nitrogen and oxygen atoms in total. The van der Waals surface area contributed by atoms with E-state index in [4.69, 9.17) is 13.0 Å². The Morgan fingerprint density at radius 2 is 1.00 bits per heavy atom. The van der Waals surface area contributed by atoms with Crippen molar-refractivity contribution in [3.63, 3.8) is 0 Å². The molecule has 0 rings (SSSR count). The first-order valence-electron chi connectivity index (χ1n) is 9.31. The van der Waals surface area contributed by atoms with E-state index in [0.717, 1.165) is 26.1 Å². The molecule has 0 aromatic carbocycles. The molecule has 22 heavy (non-hydrogen) atoms. The van der Waals surface area contributed by atoms with Crippen LogP contribution in [0.5, 0.6) is 0 Å². The fraction of sp³-hybridized carbons (Fsp3) is 1.00. The molecule has 0 saturated heterocycles. The van der Waals surface area contributed by atoms with E-state index >= 15 is 0 Å². The van der Waals surface area contributed by atoms with Gasteiger partial charge in [-0.25, -0.2) is 0 Å². The first kappa shape index (κ1) is 22.3. The standard InChI is InChI=1S/C17H40O3Si2/c1-7-9-10-11-12-13-14-15-17-19-22(5,6)20-21(3,4)18-16-8-2/h7-17H2,1-6H3. The molecule has 0 aliphatic carbocycles. The molecular weight excluding hydrogens is 308 g/mol. The summed E-state index contributed by atoms with van der Waals surface area (Å²) in [7, 11) is -4.06. The Hall–Kier alpha value is 0.314. The summed E-state index contributed by atoms with van der Waals surface area (Å²) in [6.45, 7) is 14.6. The van der Waals surface area contributed by atoms with E-state index < -0.39 is 17.1 Å². The molecule has 0 saturated carbocycles. The van der Waals surface area contributed by atoms with E-state index in [0.29, 0.717) is 0 Å². The highest BCUT2D eigenvalue weighted by Gasteiger charge is 2.36. The van der Waals surface area contributed by atoms with Crippen LogP contribution < -0.4 is 0 Å². The lowest BCUT2D eigenvalue weighted by molar-refractivity contribution is 0.193. The third-order valence-electron chi connectivity index (χ3n) is 3.59. The quantitative estimate of drug-likeness (QED) is 0.269. The predicted octanol–water partition coefficient (Wildman–Crippen LogP) is 5.99.